The van der Waals surface area contributed by atoms with Crippen molar-refractivity contribution in [3.05, 3.63) is 12.4 Å². The van der Waals surface area contributed by atoms with Crippen molar-refractivity contribution in [3.63, 3.8) is 0 Å². The maximum atomic E-state index is 6.01. The van der Waals surface area contributed by atoms with Gasteiger partial charge in [0.15, 0.2) is 0 Å². The largest absolute Gasteiger partial charge is 0.378 e. The van der Waals surface area contributed by atoms with Crippen LogP contribution in [0.1, 0.15) is 39.5 Å². The van der Waals surface area contributed by atoms with Crippen LogP contribution in [0, 0.1) is 5.92 Å². The van der Waals surface area contributed by atoms with Gasteiger partial charge in [-0.3, -0.25) is 0 Å². The summed E-state index contributed by atoms with van der Waals surface area (Å²) in [6, 6.07) is 2.49. The molecule has 0 saturated carbocycles. The van der Waals surface area contributed by atoms with E-state index in [1.54, 1.807) is 6.33 Å². The van der Waals surface area contributed by atoms with Gasteiger partial charge in [-0.15, -0.1) is 0 Å². The topological polar surface area (TPSA) is 59.5 Å². The molecular weight excluding hydrogens is 304 g/mol. The highest BCUT2D eigenvalue weighted by Gasteiger charge is 2.27. The van der Waals surface area contributed by atoms with Crippen LogP contribution in [0.15, 0.2) is 12.4 Å². The van der Waals surface area contributed by atoms with Gasteiger partial charge in [0.05, 0.1) is 19.3 Å². The van der Waals surface area contributed by atoms with Crippen LogP contribution in [0.3, 0.4) is 0 Å². The lowest BCUT2D eigenvalue weighted by atomic mass is 9.89. The molecule has 2 saturated heterocycles. The molecule has 0 aromatic carbocycles. The molecule has 24 heavy (non-hydrogen) atoms. The third-order valence-corrected chi connectivity index (χ3v) is 5.23. The molecule has 0 spiro atoms. The summed E-state index contributed by atoms with van der Waals surface area (Å²) < 4.78 is 11.4. The third-order valence-electron chi connectivity index (χ3n) is 5.23. The number of nitrogens with one attached hydrogen (secondary N) is 1. The summed E-state index contributed by atoms with van der Waals surface area (Å²) in [7, 11) is 0. The molecule has 1 N–H and O–H groups in total. The predicted molar refractivity (Wildman–Crippen MR) is 95.5 cm³/mol. The van der Waals surface area contributed by atoms with Gasteiger partial charge in [0, 0.05) is 31.8 Å². The van der Waals surface area contributed by atoms with Crippen LogP contribution in [0.4, 0.5) is 11.6 Å². The normalized spacial score (nSPS) is 25.0. The standard InChI is InChI=1S/C18H30N4O2/c1-3-14(4-2)16-11-15(5-8-24-16)21-17-12-18(20-13-19-17)22-6-9-23-10-7-22/h12-16H,3-11H2,1-2H3,(H,19,20,21)/t15-,16-/m1/s1. The molecule has 6 nitrogen and oxygen atoms in total. The van der Waals surface area contributed by atoms with E-state index in [1.807, 2.05) is 0 Å². The van der Waals surface area contributed by atoms with Crippen LogP contribution in [0.5, 0.6) is 0 Å². The molecule has 6 heteroatoms. The van der Waals surface area contributed by atoms with Gasteiger partial charge in [0.2, 0.25) is 0 Å². The van der Waals surface area contributed by atoms with Gasteiger partial charge in [-0.1, -0.05) is 26.7 Å². The Balaban J connectivity index is 1.60. The van der Waals surface area contributed by atoms with Crippen LogP contribution in [0.25, 0.3) is 0 Å². The van der Waals surface area contributed by atoms with E-state index in [9.17, 15) is 0 Å². The summed E-state index contributed by atoms with van der Waals surface area (Å²) >= 11 is 0. The summed E-state index contributed by atoms with van der Waals surface area (Å²) in [4.78, 5) is 11.1. The van der Waals surface area contributed by atoms with Crippen molar-refractivity contribution < 1.29 is 9.47 Å². The second kappa shape index (κ2) is 8.62. The first-order valence-electron chi connectivity index (χ1n) is 9.33. The Morgan fingerprint density at radius 3 is 2.75 bits per heavy atom. The van der Waals surface area contributed by atoms with Gasteiger partial charge in [0.1, 0.15) is 18.0 Å². The predicted octanol–water partition coefficient (Wildman–Crippen LogP) is 2.71. The Morgan fingerprint density at radius 2 is 2.00 bits per heavy atom. The molecule has 1 aromatic rings. The molecule has 0 unspecified atom stereocenters. The fourth-order valence-electron chi connectivity index (χ4n) is 3.70. The summed E-state index contributed by atoms with van der Waals surface area (Å²) in [5, 5.41) is 3.60. The Kier molecular flexibility index (Phi) is 6.26. The number of anilines is 2. The average Bonchev–Trinajstić information content (AvgIpc) is 2.64. The summed E-state index contributed by atoms with van der Waals surface area (Å²) in [6.07, 6.45) is 6.49. The smallest absolute Gasteiger partial charge is 0.134 e. The van der Waals surface area contributed by atoms with E-state index >= 15 is 0 Å². The van der Waals surface area contributed by atoms with Crippen LogP contribution in [-0.2, 0) is 9.47 Å². The minimum absolute atomic E-state index is 0.367. The first-order valence-corrected chi connectivity index (χ1v) is 9.33. The first kappa shape index (κ1) is 17.4. The molecule has 1 aromatic heterocycles. The highest BCUT2D eigenvalue weighted by Crippen LogP contribution is 2.27. The van der Waals surface area contributed by atoms with E-state index in [0.717, 1.165) is 57.4 Å². The van der Waals surface area contributed by atoms with E-state index < -0.39 is 0 Å². The van der Waals surface area contributed by atoms with Gasteiger partial charge < -0.3 is 19.7 Å². The van der Waals surface area contributed by atoms with Crippen molar-refractivity contribution in [2.24, 2.45) is 5.92 Å². The SMILES string of the molecule is CCC(CC)[C@H]1C[C@H](Nc2cc(N3CCOCC3)ncn2)CCO1. The quantitative estimate of drug-likeness (QED) is 0.863. The van der Waals surface area contributed by atoms with E-state index in [2.05, 4.69) is 40.1 Å². The van der Waals surface area contributed by atoms with E-state index in [0.29, 0.717) is 18.1 Å². The lowest BCUT2D eigenvalue weighted by molar-refractivity contribution is -0.0271. The highest BCUT2D eigenvalue weighted by atomic mass is 16.5. The molecule has 0 amide bonds. The molecular formula is C18H30N4O2. The number of nitrogens with zero attached hydrogens (tertiary/aromatic N) is 3. The zero-order valence-electron chi connectivity index (χ0n) is 14.9. The lowest BCUT2D eigenvalue weighted by Crippen LogP contribution is -2.38. The molecule has 2 aliphatic rings. The number of rotatable bonds is 6. The van der Waals surface area contributed by atoms with E-state index in [-0.39, 0.29) is 0 Å². The van der Waals surface area contributed by atoms with Gasteiger partial charge in [-0.2, -0.15) is 0 Å². The number of aromatic nitrogens is 2. The highest BCUT2D eigenvalue weighted by molar-refractivity contribution is 5.49. The van der Waals surface area contributed by atoms with Crippen LogP contribution >= 0.6 is 0 Å². The van der Waals surface area contributed by atoms with Crippen molar-refractivity contribution in [1.82, 2.24) is 9.97 Å². The monoisotopic (exact) mass is 334 g/mol. The molecule has 2 atom stereocenters. The van der Waals surface area contributed by atoms with E-state index in [4.69, 9.17) is 9.47 Å². The van der Waals surface area contributed by atoms with Crippen LogP contribution < -0.4 is 10.2 Å². The average molecular weight is 334 g/mol. The van der Waals surface area contributed by atoms with E-state index in [1.165, 1.54) is 12.8 Å². The molecule has 2 aliphatic heterocycles. The summed E-state index contributed by atoms with van der Waals surface area (Å²) in [5.74, 6) is 2.56. The van der Waals surface area contributed by atoms with Gasteiger partial charge >= 0.3 is 0 Å². The molecule has 0 bridgehead atoms. The fourth-order valence-corrected chi connectivity index (χ4v) is 3.70. The Bertz CT molecular complexity index is 504. The minimum Gasteiger partial charge on any atom is -0.378 e. The van der Waals surface area contributed by atoms with Crippen molar-refractivity contribution in [1.29, 1.82) is 0 Å². The second-order valence-corrected chi connectivity index (χ2v) is 6.71. The van der Waals surface area contributed by atoms with Crippen molar-refractivity contribution in [2.75, 3.05) is 43.1 Å². The second-order valence-electron chi connectivity index (χ2n) is 6.71. The Hall–Kier alpha value is -1.40. The van der Waals surface area contributed by atoms with Gasteiger partial charge in [-0.05, 0) is 18.8 Å². The maximum Gasteiger partial charge on any atom is 0.134 e. The molecule has 3 heterocycles. The number of morpholine rings is 1. The Morgan fingerprint density at radius 1 is 1.21 bits per heavy atom. The summed E-state index contributed by atoms with van der Waals surface area (Å²) in [5.41, 5.74) is 0. The van der Waals surface area contributed by atoms with Crippen LogP contribution in [-0.4, -0.2) is 55.0 Å². The first-order chi connectivity index (χ1) is 11.8. The number of ether oxygens (including phenoxy) is 2. The minimum atomic E-state index is 0.367. The number of hydrogen-bond acceptors (Lipinski definition) is 6. The molecule has 134 valence electrons. The van der Waals surface area contributed by atoms with Crippen molar-refractivity contribution >= 4 is 11.6 Å². The number of hydrogen-bond donors (Lipinski definition) is 1. The molecule has 2 fully saturated rings. The van der Waals surface area contributed by atoms with Gasteiger partial charge in [-0.25, -0.2) is 9.97 Å². The lowest BCUT2D eigenvalue weighted by Gasteiger charge is -2.34. The molecule has 3 rings (SSSR count). The van der Waals surface area contributed by atoms with Crippen molar-refractivity contribution in [2.45, 2.75) is 51.7 Å². The van der Waals surface area contributed by atoms with Crippen LogP contribution in [0.2, 0.25) is 0 Å². The molecule has 0 radical (unpaired) electrons. The molecule has 0 aliphatic carbocycles. The summed E-state index contributed by atoms with van der Waals surface area (Å²) in [6.45, 7) is 8.67. The zero-order chi connectivity index (χ0) is 16.8. The Labute approximate surface area is 145 Å². The zero-order valence-corrected chi connectivity index (χ0v) is 14.9. The maximum absolute atomic E-state index is 6.01. The van der Waals surface area contributed by atoms with Gasteiger partial charge in [0.25, 0.3) is 0 Å². The van der Waals surface area contributed by atoms with Crippen molar-refractivity contribution in [3.8, 4) is 0 Å². The third kappa shape index (κ3) is 4.36. The fraction of sp³-hybridized carbons (Fsp3) is 0.778.